The summed E-state index contributed by atoms with van der Waals surface area (Å²) in [6, 6.07) is 13.9. The van der Waals surface area contributed by atoms with Crippen LogP contribution in [0, 0.1) is 0 Å². The molecule has 0 saturated carbocycles. The number of ether oxygens (including phenoxy) is 1. The van der Waals surface area contributed by atoms with Crippen molar-refractivity contribution in [2.45, 2.75) is 6.42 Å². The molecule has 0 bridgehead atoms. The van der Waals surface area contributed by atoms with Crippen LogP contribution in [0.15, 0.2) is 48.5 Å². The first kappa shape index (κ1) is 14.7. The van der Waals surface area contributed by atoms with Gasteiger partial charge in [0, 0.05) is 17.3 Å². The van der Waals surface area contributed by atoms with E-state index in [1.54, 1.807) is 48.5 Å². The van der Waals surface area contributed by atoms with Crippen molar-refractivity contribution >= 4 is 11.6 Å². The van der Waals surface area contributed by atoms with Crippen molar-refractivity contribution < 1.29 is 14.6 Å². The molecule has 2 aromatic carbocycles. The number of amides is 1. The highest BCUT2D eigenvalue weighted by Gasteiger charge is 2.06. The van der Waals surface area contributed by atoms with Gasteiger partial charge in [-0.2, -0.15) is 0 Å². The maximum absolute atomic E-state index is 11.7. The van der Waals surface area contributed by atoms with E-state index in [2.05, 4.69) is 5.32 Å². The molecular weight excluding hydrogens is 268 g/mol. The summed E-state index contributed by atoms with van der Waals surface area (Å²) in [5.74, 6) is 0.640. The molecule has 110 valence electrons. The summed E-state index contributed by atoms with van der Waals surface area (Å²) < 4.78 is 5.47. The van der Waals surface area contributed by atoms with Crippen LogP contribution in [0.3, 0.4) is 0 Å². The van der Waals surface area contributed by atoms with Gasteiger partial charge in [-0.05, 0) is 18.2 Å². The van der Waals surface area contributed by atoms with Gasteiger partial charge in [-0.15, -0.1) is 0 Å². The van der Waals surface area contributed by atoms with Crippen molar-refractivity contribution in [2.24, 2.45) is 0 Å². The quantitative estimate of drug-likeness (QED) is 0.557. The summed E-state index contributed by atoms with van der Waals surface area (Å²) in [6.07, 6.45) is 0.144. The van der Waals surface area contributed by atoms with Gasteiger partial charge in [-0.1, -0.05) is 24.3 Å². The predicted molar refractivity (Wildman–Crippen MR) is 81.2 cm³/mol. The van der Waals surface area contributed by atoms with Crippen LogP contribution in [-0.4, -0.2) is 24.2 Å². The summed E-state index contributed by atoms with van der Waals surface area (Å²) in [6.45, 7) is 0.747. The van der Waals surface area contributed by atoms with Crippen molar-refractivity contribution in [1.82, 2.24) is 5.32 Å². The molecule has 5 nitrogen and oxygen atoms in total. The van der Waals surface area contributed by atoms with E-state index in [4.69, 9.17) is 10.5 Å². The molecule has 0 aliphatic carbocycles. The Morgan fingerprint density at radius 3 is 2.76 bits per heavy atom. The summed E-state index contributed by atoms with van der Waals surface area (Å²) in [5, 5.41) is 12.3. The van der Waals surface area contributed by atoms with Crippen molar-refractivity contribution in [3.63, 3.8) is 0 Å². The molecule has 0 radical (unpaired) electrons. The minimum absolute atomic E-state index is 0.128. The number of anilines is 1. The van der Waals surface area contributed by atoms with E-state index in [-0.39, 0.29) is 18.1 Å². The smallest absolute Gasteiger partial charge is 0.224 e. The SMILES string of the molecule is Nc1cccc(OCCNC(=O)Cc2ccccc2O)c1. The van der Waals surface area contributed by atoms with Crippen LogP contribution in [0.4, 0.5) is 5.69 Å². The standard InChI is InChI=1S/C16H18N2O3/c17-13-5-3-6-14(11-13)21-9-8-18-16(20)10-12-4-1-2-7-15(12)19/h1-7,11,19H,8-10,17H2,(H,18,20). The lowest BCUT2D eigenvalue weighted by atomic mass is 10.1. The number of nitrogens with one attached hydrogen (secondary N) is 1. The minimum Gasteiger partial charge on any atom is -0.508 e. The number of carbonyl (C=O) groups is 1. The second-order valence-corrected chi connectivity index (χ2v) is 4.58. The molecule has 0 aliphatic heterocycles. The van der Waals surface area contributed by atoms with Crippen LogP contribution in [0.2, 0.25) is 0 Å². The van der Waals surface area contributed by atoms with Crippen LogP contribution < -0.4 is 15.8 Å². The fraction of sp³-hybridized carbons (Fsp3) is 0.188. The molecule has 0 atom stereocenters. The molecule has 21 heavy (non-hydrogen) atoms. The van der Waals surface area contributed by atoms with Gasteiger partial charge in [0.1, 0.15) is 18.1 Å². The van der Waals surface area contributed by atoms with E-state index in [1.807, 2.05) is 0 Å². The molecule has 0 aromatic heterocycles. The van der Waals surface area contributed by atoms with Gasteiger partial charge in [0.05, 0.1) is 13.0 Å². The average molecular weight is 286 g/mol. The first-order chi connectivity index (χ1) is 10.1. The molecule has 0 fully saturated rings. The van der Waals surface area contributed by atoms with Crippen LogP contribution >= 0.6 is 0 Å². The third-order valence-electron chi connectivity index (χ3n) is 2.89. The Kier molecular flexibility index (Phi) is 5.04. The van der Waals surface area contributed by atoms with Crippen molar-refractivity contribution in [2.75, 3.05) is 18.9 Å². The van der Waals surface area contributed by atoms with Crippen molar-refractivity contribution in [3.8, 4) is 11.5 Å². The molecule has 0 unspecified atom stereocenters. The zero-order valence-corrected chi connectivity index (χ0v) is 11.6. The number of nitrogen functional groups attached to an aromatic ring is 1. The Hall–Kier alpha value is -2.69. The Labute approximate surface area is 123 Å². The lowest BCUT2D eigenvalue weighted by Gasteiger charge is -2.09. The van der Waals surface area contributed by atoms with Gasteiger partial charge >= 0.3 is 0 Å². The summed E-state index contributed by atoms with van der Waals surface area (Å²) in [7, 11) is 0. The summed E-state index contributed by atoms with van der Waals surface area (Å²) in [4.78, 5) is 11.7. The van der Waals surface area contributed by atoms with Crippen LogP contribution in [0.5, 0.6) is 11.5 Å². The number of phenols is 1. The largest absolute Gasteiger partial charge is 0.508 e. The number of aromatic hydroxyl groups is 1. The number of hydrogen-bond donors (Lipinski definition) is 3. The lowest BCUT2D eigenvalue weighted by molar-refractivity contribution is -0.120. The van der Waals surface area contributed by atoms with Crippen LogP contribution in [0.1, 0.15) is 5.56 Å². The number of phenolic OH excluding ortho intramolecular Hbond substituents is 1. The minimum atomic E-state index is -0.160. The van der Waals surface area contributed by atoms with E-state index in [9.17, 15) is 9.90 Å². The number of carbonyl (C=O) groups excluding carboxylic acids is 1. The predicted octanol–water partition coefficient (Wildman–Crippen LogP) is 1.71. The Morgan fingerprint density at radius 2 is 2.00 bits per heavy atom. The highest BCUT2D eigenvalue weighted by Crippen LogP contribution is 2.16. The molecule has 0 heterocycles. The fourth-order valence-corrected chi connectivity index (χ4v) is 1.86. The second kappa shape index (κ2) is 7.19. The van der Waals surface area contributed by atoms with Gasteiger partial charge in [-0.3, -0.25) is 4.79 Å². The third kappa shape index (κ3) is 4.72. The van der Waals surface area contributed by atoms with E-state index in [0.29, 0.717) is 30.2 Å². The highest BCUT2D eigenvalue weighted by molar-refractivity contribution is 5.79. The summed E-state index contributed by atoms with van der Waals surface area (Å²) >= 11 is 0. The normalized spacial score (nSPS) is 10.1. The molecule has 0 spiro atoms. The number of nitrogens with two attached hydrogens (primary N) is 1. The van der Waals surface area contributed by atoms with E-state index >= 15 is 0 Å². The number of rotatable bonds is 6. The molecule has 2 rings (SSSR count). The van der Waals surface area contributed by atoms with Gasteiger partial charge in [0.25, 0.3) is 0 Å². The van der Waals surface area contributed by atoms with Crippen molar-refractivity contribution in [1.29, 1.82) is 0 Å². The maximum atomic E-state index is 11.7. The molecule has 1 amide bonds. The van der Waals surface area contributed by atoms with Gasteiger partial charge < -0.3 is 20.9 Å². The molecule has 5 heteroatoms. The number of para-hydroxylation sites is 1. The van der Waals surface area contributed by atoms with Crippen molar-refractivity contribution in [3.05, 3.63) is 54.1 Å². The van der Waals surface area contributed by atoms with Gasteiger partial charge in [0.15, 0.2) is 0 Å². The van der Waals surface area contributed by atoms with Gasteiger partial charge in [-0.25, -0.2) is 0 Å². The maximum Gasteiger partial charge on any atom is 0.224 e. The second-order valence-electron chi connectivity index (χ2n) is 4.58. The Bertz CT molecular complexity index is 614. The zero-order valence-electron chi connectivity index (χ0n) is 11.6. The first-order valence-corrected chi connectivity index (χ1v) is 6.67. The molecule has 2 aromatic rings. The highest BCUT2D eigenvalue weighted by atomic mass is 16.5. The zero-order chi connectivity index (χ0) is 15.1. The average Bonchev–Trinajstić information content (AvgIpc) is 2.46. The van der Waals surface area contributed by atoms with E-state index < -0.39 is 0 Å². The van der Waals surface area contributed by atoms with Gasteiger partial charge in [0.2, 0.25) is 5.91 Å². The Morgan fingerprint density at radius 1 is 1.19 bits per heavy atom. The van der Waals surface area contributed by atoms with Crippen LogP contribution in [-0.2, 0) is 11.2 Å². The molecular formula is C16H18N2O3. The molecule has 0 aliphatic rings. The first-order valence-electron chi connectivity index (χ1n) is 6.67. The molecule has 0 saturated heterocycles. The lowest BCUT2D eigenvalue weighted by Crippen LogP contribution is -2.29. The van der Waals surface area contributed by atoms with E-state index in [1.165, 1.54) is 0 Å². The molecule has 4 N–H and O–H groups in total. The third-order valence-corrected chi connectivity index (χ3v) is 2.89. The summed E-state index contributed by atoms with van der Waals surface area (Å²) in [5.41, 5.74) is 6.88. The Balaban J connectivity index is 1.71. The fourth-order valence-electron chi connectivity index (χ4n) is 1.86. The van der Waals surface area contributed by atoms with Crippen LogP contribution in [0.25, 0.3) is 0 Å². The number of benzene rings is 2. The monoisotopic (exact) mass is 286 g/mol. The number of hydrogen-bond acceptors (Lipinski definition) is 4. The topological polar surface area (TPSA) is 84.6 Å². The van der Waals surface area contributed by atoms with E-state index in [0.717, 1.165) is 0 Å².